The second-order valence-corrected chi connectivity index (χ2v) is 4.66. The molecular formula is C15H11N3O4. The van der Waals surface area contributed by atoms with Crippen molar-refractivity contribution in [3.63, 3.8) is 0 Å². The molecule has 0 amide bonds. The van der Waals surface area contributed by atoms with Gasteiger partial charge < -0.3 is 15.5 Å². The van der Waals surface area contributed by atoms with Crippen LogP contribution in [0.1, 0.15) is 0 Å². The molecule has 0 fully saturated rings. The van der Waals surface area contributed by atoms with Gasteiger partial charge in [0.25, 0.3) is 5.69 Å². The summed E-state index contributed by atoms with van der Waals surface area (Å²) in [4.78, 5) is 22.0. The molecule has 0 radical (unpaired) electrons. The van der Waals surface area contributed by atoms with E-state index in [1.807, 2.05) is 0 Å². The van der Waals surface area contributed by atoms with Crippen LogP contribution in [-0.4, -0.2) is 4.92 Å². The number of nitro groups is 1. The van der Waals surface area contributed by atoms with E-state index in [0.717, 1.165) is 0 Å². The van der Waals surface area contributed by atoms with E-state index in [-0.39, 0.29) is 11.3 Å². The summed E-state index contributed by atoms with van der Waals surface area (Å²) in [5.41, 5.74) is 7.01. The number of anilines is 3. The summed E-state index contributed by atoms with van der Waals surface area (Å²) >= 11 is 0. The van der Waals surface area contributed by atoms with E-state index in [1.54, 1.807) is 24.3 Å². The molecule has 3 N–H and O–H groups in total. The zero-order chi connectivity index (χ0) is 15.7. The van der Waals surface area contributed by atoms with Crippen molar-refractivity contribution in [2.45, 2.75) is 0 Å². The highest BCUT2D eigenvalue weighted by molar-refractivity contribution is 5.93. The van der Waals surface area contributed by atoms with Gasteiger partial charge in [0, 0.05) is 35.0 Å². The Balaban J connectivity index is 2.14. The van der Waals surface area contributed by atoms with E-state index in [2.05, 4.69) is 5.32 Å². The van der Waals surface area contributed by atoms with Crippen molar-refractivity contribution in [1.29, 1.82) is 0 Å². The minimum atomic E-state index is -0.542. The molecule has 7 heteroatoms. The first kappa shape index (κ1) is 13.6. The second kappa shape index (κ2) is 5.21. The number of non-ortho nitro benzene ring substituents is 1. The number of nitrogen functional groups attached to an aromatic ring is 1. The molecule has 7 nitrogen and oxygen atoms in total. The van der Waals surface area contributed by atoms with Crippen LogP contribution < -0.4 is 16.7 Å². The molecule has 3 aromatic rings. The van der Waals surface area contributed by atoms with E-state index in [1.165, 1.54) is 24.3 Å². The third kappa shape index (κ3) is 2.59. The van der Waals surface area contributed by atoms with Gasteiger partial charge in [-0.05, 0) is 30.3 Å². The van der Waals surface area contributed by atoms with Crippen LogP contribution in [0.15, 0.2) is 57.7 Å². The summed E-state index contributed by atoms with van der Waals surface area (Å²) in [6.45, 7) is 0. The Hall–Kier alpha value is -3.35. The molecule has 1 aromatic heterocycles. The van der Waals surface area contributed by atoms with Crippen molar-refractivity contribution in [1.82, 2.24) is 0 Å². The highest BCUT2D eigenvalue weighted by Crippen LogP contribution is 2.28. The molecule has 110 valence electrons. The lowest BCUT2D eigenvalue weighted by atomic mass is 10.1. The van der Waals surface area contributed by atoms with Crippen LogP contribution in [0, 0.1) is 10.1 Å². The highest BCUT2D eigenvalue weighted by atomic mass is 16.6. The van der Waals surface area contributed by atoms with Crippen LogP contribution >= 0.6 is 0 Å². The number of rotatable bonds is 3. The van der Waals surface area contributed by atoms with Crippen molar-refractivity contribution in [3.05, 3.63) is 69.1 Å². The topological polar surface area (TPSA) is 111 Å². The first-order valence-corrected chi connectivity index (χ1v) is 6.38. The molecule has 0 aliphatic carbocycles. The Kier molecular flexibility index (Phi) is 3.23. The van der Waals surface area contributed by atoms with Gasteiger partial charge in [-0.1, -0.05) is 0 Å². The molecule has 2 aromatic carbocycles. The second-order valence-electron chi connectivity index (χ2n) is 4.66. The normalized spacial score (nSPS) is 10.5. The zero-order valence-electron chi connectivity index (χ0n) is 11.3. The van der Waals surface area contributed by atoms with Gasteiger partial charge in [0.05, 0.1) is 10.6 Å². The Morgan fingerprint density at radius 1 is 1.09 bits per heavy atom. The largest absolute Gasteiger partial charge is 0.423 e. The lowest BCUT2D eigenvalue weighted by Crippen LogP contribution is -2.01. The van der Waals surface area contributed by atoms with Gasteiger partial charge in [-0.15, -0.1) is 0 Å². The van der Waals surface area contributed by atoms with Crippen LogP contribution in [0.4, 0.5) is 22.7 Å². The molecule has 0 aliphatic rings. The summed E-state index contributed by atoms with van der Waals surface area (Å²) in [5, 5.41) is 14.4. The molecule has 0 unspecified atom stereocenters. The Bertz CT molecular complexity index is 916. The minimum absolute atomic E-state index is 0.0818. The van der Waals surface area contributed by atoms with E-state index in [0.29, 0.717) is 22.4 Å². The molecule has 1 heterocycles. The van der Waals surface area contributed by atoms with Crippen LogP contribution in [0.5, 0.6) is 0 Å². The maximum Gasteiger partial charge on any atom is 0.338 e. The summed E-state index contributed by atoms with van der Waals surface area (Å²) in [7, 11) is 0. The van der Waals surface area contributed by atoms with Crippen LogP contribution in [-0.2, 0) is 0 Å². The van der Waals surface area contributed by atoms with Gasteiger partial charge in [-0.3, -0.25) is 10.1 Å². The van der Waals surface area contributed by atoms with Gasteiger partial charge >= 0.3 is 5.63 Å². The van der Waals surface area contributed by atoms with Crippen molar-refractivity contribution in [2.75, 3.05) is 11.1 Å². The molecule has 0 atom stereocenters. The Morgan fingerprint density at radius 2 is 1.82 bits per heavy atom. The fraction of sp³-hybridized carbons (Fsp3) is 0. The van der Waals surface area contributed by atoms with E-state index < -0.39 is 10.5 Å². The summed E-state index contributed by atoms with van der Waals surface area (Å²) in [5.74, 6) is 0. The number of nitrogens with two attached hydrogens (primary N) is 1. The van der Waals surface area contributed by atoms with Crippen molar-refractivity contribution in [2.24, 2.45) is 0 Å². The van der Waals surface area contributed by atoms with Gasteiger partial charge in [0.15, 0.2) is 0 Å². The number of nitrogens with zero attached hydrogens (tertiary/aromatic N) is 1. The summed E-state index contributed by atoms with van der Waals surface area (Å²) < 4.78 is 5.06. The Morgan fingerprint density at radius 3 is 2.50 bits per heavy atom. The SMILES string of the molecule is Nc1ccc(Nc2cc(=O)oc3ccc([N+](=O)[O-])cc23)cc1. The zero-order valence-corrected chi connectivity index (χ0v) is 11.3. The molecule has 3 rings (SSSR count). The smallest absolute Gasteiger partial charge is 0.338 e. The molecule has 22 heavy (non-hydrogen) atoms. The third-order valence-corrected chi connectivity index (χ3v) is 3.13. The van der Waals surface area contributed by atoms with Crippen LogP contribution in [0.2, 0.25) is 0 Å². The van der Waals surface area contributed by atoms with Crippen molar-refractivity contribution < 1.29 is 9.34 Å². The van der Waals surface area contributed by atoms with E-state index >= 15 is 0 Å². The van der Waals surface area contributed by atoms with Gasteiger partial charge in [0.2, 0.25) is 0 Å². The lowest BCUT2D eigenvalue weighted by Gasteiger charge is -2.09. The van der Waals surface area contributed by atoms with Crippen molar-refractivity contribution >= 4 is 33.7 Å². The van der Waals surface area contributed by atoms with Gasteiger partial charge in [-0.25, -0.2) is 4.79 Å². The molecule has 0 aliphatic heterocycles. The average molecular weight is 297 g/mol. The first-order valence-electron chi connectivity index (χ1n) is 6.38. The number of benzene rings is 2. The number of nitrogens with one attached hydrogen (secondary N) is 1. The van der Waals surface area contributed by atoms with Crippen molar-refractivity contribution in [3.8, 4) is 0 Å². The number of nitro benzene ring substituents is 1. The average Bonchev–Trinajstić information content (AvgIpc) is 2.49. The maximum absolute atomic E-state index is 11.6. The monoisotopic (exact) mass is 297 g/mol. The highest BCUT2D eigenvalue weighted by Gasteiger charge is 2.12. The minimum Gasteiger partial charge on any atom is -0.423 e. The fourth-order valence-electron chi connectivity index (χ4n) is 2.09. The van der Waals surface area contributed by atoms with E-state index in [4.69, 9.17) is 10.2 Å². The first-order chi connectivity index (χ1) is 10.5. The lowest BCUT2D eigenvalue weighted by molar-refractivity contribution is -0.384. The number of hydrogen-bond donors (Lipinski definition) is 2. The number of hydrogen-bond acceptors (Lipinski definition) is 6. The van der Waals surface area contributed by atoms with E-state index in [9.17, 15) is 14.9 Å². The molecular weight excluding hydrogens is 286 g/mol. The number of fused-ring (bicyclic) bond motifs is 1. The molecule has 0 bridgehead atoms. The molecule has 0 spiro atoms. The van der Waals surface area contributed by atoms with Crippen LogP contribution in [0.3, 0.4) is 0 Å². The maximum atomic E-state index is 11.6. The molecule has 0 saturated carbocycles. The van der Waals surface area contributed by atoms with Gasteiger partial charge in [0.1, 0.15) is 5.58 Å². The predicted octanol–water partition coefficient (Wildman–Crippen LogP) is 3.03. The summed E-state index contributed by atoms with van der Waals surface area (Å²) in [6, 6.07) is 12.2. The summed E-state index contributed by atoms with van der Waals surface area (Å²) in [6.07, 6.45) is 0. The van der Waals surface area contributed by atoms with Gasteiger partial charge in [-0.2, -0.15) is 0 Å². The molecule has 0 saturated heterocycles. The predicted molar refractivity (Wildman–Crippen MR) is 83.3 cm³/mol. The standard InChI is InChI=1S/C15H11N3O4/c16-9-1-3-10(4-2-9)17-13-8-15(19)22-14-6-5-11(18(20)21)7-12(13)14/h1-8,17H,16H2. The third-order valence-electron chi connectivity index (χ3n) is 3.13. The quantitative estimate of drug-likeness (QED) is 0.332. The Labute approximate surface area is 124 Å². The fourth-order valence-corrected chi connectivity index (χ4v) is 2.09. The van der Waals surface area contributed by atoms with Crippen LogP contribution in [0.25, 0.3) is 11.0 Å².